The Labute approximate surface area is 95.0 Å². The Bertz CT molecular complexity index is 374. The van der Waals surface area contributed by atoms with Gasteiger partial charge in [0.25, 0.3) is 0 Å². The maximum absolute atomic E-state index is 10.3. The third-order valence-corrected chi connectivity index (χ3v) is 2.08. The van der Waals surface area contributed by atoms with Crippen LogP contribution in [0.5, 0.6) is 0 Å². The summed E-state index contributed by atoms with van der Waals surface area (Å²) in [5.74, 6) is -1.97. The maximum Gasteiger partial charge on any atom is 0.335 e. The Kier molecular flexibility index (Phi) is 5.60. The van der Waals surface area contributed by atoms with E-state index >= 15 is 0 Å². The highest BCUT2D eigenvalue weighted by molar-refractivity contribution is 7.80. The number of rotatable bonds is 7. The molecule has 0 bridgehead atoms. The maximum atomic E-state index is 10.3. The number of hydrogen-bond donors (Lipinski definition) is 4. The topological polar surface area (TPSA) is 181 Å². The number of carbonyl (C=O) groups is 2. The zero-order chi connectivity index (χ0) is 13.8. The summed E-state index contributed by atoms with van der Waals surface area (Å²) in [6.07, 6.45) is -10.1. The van der Waals surface area contributed by atoms with Gasteiger partial charge < -0.3 is 29.8 Å². The summed E-state index contributed by atoms with van der Waals surface area (Å²) in [6.45, 7) is 0. The van der Waals surface area contributed by atoms with Gasteiger partial charge in [0.1, 0.15) is 18.3 Å². The van der Waals surface area contributed by atoms with Crippen LogP contribution in [-0.4, -0.2) is 70.1 Å². The van der Waals surface area contributed by atoms with Crippen molar-refractivity contribution in [2.45, 2.75) is 24.4 Å². The van der Waals surface area contributed by atoms with Crippen molar-refractivity contribution in [3.8, 4) is 0 Å². The van der Waals surface area contributed by atoms with E-state index in [9.17, 15) is 22.6 Å². The molecular weight excluding hydrogens is 264 g/mol. The molecule has 0 spiro atoms. The molecule has 0 rings (SSSR count). The first kappa shape index (κ1) is 15.9. The van der Waals surface area contributed by atoms with Crippen molar-refractivity contribution >= 4 is 22.7 Å². The molecule has 11 heteroatoms. The van der Waals surface area contributed by atoms with E-state index in [0.717, 1.165) is 0 Å². The number of aliphatic hydroxyl groups excluding tert-OH is 3. The van der Waals surface area contributed by atoms with Gasteiger partial charge in [-0.3, -0.25) is 4.18 Å². The van der Waals surface area contributed by atoms with Crippen LogP contribution in [0.1, 0.15) is 0 Å². The summed E-state index contributed by atoms with van der Waals surface area (Å²) in [5.41, 5.74) is 0. The third kappa shape index (κ3) is 5.16. The largest absolute Gasteiger partial charge is 0.726 e. The van der Waals surface area contributed by atoms with Gasteiger partial charge in [0.15, 0.2) is 12.4 Å². The number of carbonyl (C=O) groups excluding carboxylic acids is 1. The van der Waals surface area contributed by atoms with Crippen molar-refractivity contribution in [1.29, 1.82) is 0 Å². The summed E-state index contributed by atoms with van der Waals surface area (Å²) in [4.78, 5) is 20.4. The lowest BCUT2D eigenvalue weighted by atomic mass is 10.0. The normalized spacial score (nSPS) is 19.1. The van der Waals surface area contributed by atoms with Crippen molar-refractivity contribution in [3.63, 3.8) is 0 Å². The predicted octanol–water partition coefficient (Wildman–Crippen LogP) is -3.80. The predicted molar refractivity (Wildman–Crippen MR) is 46.3 cm³/mol. The standard InChI is InChI=1S/C6H10O10S/c7-1-2(8)5(16-17(13,14)15)3(9)4(10)6(11)12/h1-5,8-10H,(H,11,12)(H,13,14,15)/p-1/t2-,3+,4-,5+/m0/s1. The Morgan fingerprint density at radius 2 is 1.76 bits per heavy atom. The molecule has 0 aromatic heterocycles. The minimum absolute atomic E-state index is 0.298. The molecule has 10 nitrogen and oxygen atoms in total. The van der Waals surface area contributed by atoms with E-state index in [1.807, 2.05) is 0 Å². The number of hydrogen-bond acceptors (Lipinski definition) is 9. The lowest BCUT2D eigenvalue weighted by molar-refractivity contribution is -0.161. The van der Waals surface area contributed by atoms with E-state index in [4.69, 9.17) is 20.4 Å². The molecule has 0 aliphatic heterocycles. The van der Waals surface area contributed by atoms with Gasteiger partial charge in [0.2, 0.25) is 10.4 Å². The Morgan fingerprint density at radius 3 is 2.06 bits per heavy atom. The lowest BCUT2D eigenvalue weighted by Crippen LogP contribution is -2.50. The molecule has 0 saturated carbocycles. The molecule has 0 radical (unpaired) electrons. The lowest BCUT2D eigenvalue weighted by Gasteiger charge is -2.26. The second kappa shape index (κ2) is 6.00. The molecule has 0 aromatic carbocycles. The second-order valence-electron chi connectivity index (χ2n) is 2.87. The van der Waals surface area contributed by atoms with Crippen LogP contribution in [0.25, 0.3) is 0 Å². The van der Waals surface area contributed by atoms with E-state index in [1.165, 1.54) is 0 Å². The van der Waals surface area contributed by atoms with Crippen LogP contribution < -0.4 is 0 Å². The number of aliphatic hydroxyl groups is 3. The van der Waals surface area contributed by atoms with Crippen molar-refractivity contribution in [2.75, 3.05) is 0 Å². The highest BCUT2D eigenvalue weighted by atomic mass is 32.3. The highest BCUT2D eigenvalue weighted by Crippen LogP contribution is 2.11. The van der Waals surface area contributed by atoms with Gasteiger partial charge in [-0.1, -0.05) is 0 Å². The van der Waals surface area contributed by atoms with E-state index in [-0.39, 0.29) is 6.29 Å². The number of carboxylic acid groups (broad SMARTS) is 1. The number of carboxylic acids is 1. The smallest absolute Gasteiger partial charge is 0.335 e. The average molecular weight is 273 g/mol. The van der Waals surface area contributed by atoms with Gasteiger partial charge in [0.05, 0.1) is 0 Å². The van der Waals surface area contributed by atoms with Crippen LogP contribution in [0.2, 0.25) is 0 Å². The molecule has 0 aliphatic rings. The summed E-state index contributed by atoms with van der Waals surface area (Å²) in [7, 11) is -5.42. The van der Waals surface area contributed by atoms with Crippen molar-refractivity contribution in [2.24, 2.45) is 0 Å². The molecule has 0 amide bonds. The zero-order valence-electron chi connectivity index (χ0n) is 8.03. The fourth-order valence-corrected chi connectivity index (χ4v) is 1.35. The average Bonchev–Trinajstić information content (AvgIpc) is 2.21. The van der Waals surface area contributed by atoms with Crippen LogP contribution >= 0.6 is 0 Å². The molecule has 100 valence electrons. The Balaban J connectivity index is 5.05. The summed E-state index contributed by atoms with van der Waals surface area (Å²) < 4.78 is 34.2. The molecular formula is C6H9O10S-. The van der Waals surface area contributed by atoms with Crippen molar-refractivity contribution < 1.29 is 47.2 Å². The number of aliphatic carboxylic acids is 1. The zero-order valence-corrected chi connectivity index (χ0v) is 8.85. The van der Waals surface area contributed by atoms with Crippen LogP contribution in [0.4, 0.5) is 0 Å². The molecule has 4 atom stereocenters. The minimum atomic E-state index is -5.42. The molecule has 4 N–H and O–H groups in total. The SMILES string of the molecule is O=C[C@H](O)[C@@H](OS(=O)(=O)[O-])[C@H](O)[C@H](O)C(=O)O. The molecule has 0 aliphatic carbocycles. The molecule has 0 saturated heterocycles. The van der Waals surface area contributed by atoms with E-state index in [1.54, 1.807) is 0 Å². The van der Waals surface area contributed by atoms with Gasteiger partial charge in [-0.25, -0.2) is 13.2 Å². The molecule has 0 unspecified atom stereocenters. The van der Waals surface area contributed by atoms with E-state index in [0.29, 0.717) is 0 Å². The first-order valence-corrected chi connectivity index (χ1v) is 5.30. The first-order chi connectivity index (χ1) is 7.60. The van der Waals surface area contributed by atoms with Gasteiger partial charge in [-0.2, -0.15) is 0 Å². The van der Waals surface area contributed by atoms with Crippen LogP contribution in [0.3, 0.4) is 0 Å². The van der Waals surface area contributed by atoms with E-state index in [2.05, 4.69) is 4.18 Å². The van der Waals surface area contributed by atoms with Gasteiger partial charge >= 0.3 is 5.97 Å². The fourth-order valence-electron chi connectivity index (χ4n) is 0.855. The fraction of sp³-hybridized carbons (Fsp3) is 0.667. The quantitative estimate of drug-likeness (QED) is 0.204. The Morgan fingerprint density at radius 1 is 1.29 bits per heavy atom. The third-order valence-electron chi connectivity index (χ3n) is 1.62. The van der Waals surface area contributed by atoms with Crippen LogP contribution in [-0.2, 0) is 24.2 Å². The Hall–Kier alpha value is -1.11. The molecule has 0 heterocycles. The van der Waals surface area contributed by atoms with Gasteiger partial charge in [0, 0.05) is 0 Å². The molecule has 17 heavy (non-hydrogen) atoms. The minimum Gasteiger partial charge on any atom is -0.726 e. The van der Waals surface area contributed by atoms with Gasteiger partial charge in [-0.15, -0.1) is 0 Å². The number of aldehydes is 1. The first-order valence-electron chi connectivity index (χ1n) is 3.96. The summed E-state index contributed by atoms with van der Waals surface area (Å²) in [5, 5.41) is 35.2. The molecule has 0 aromatic rings. The van der Waals surface area contributed by atoms with Crippen molar-refractivity contribution in [3.05, 3.63) is 0 Å². The van der Waals surface area contributed by atoms with Crippen LogP contribution in [0.15, 0.2) is 0 Å². The molecule has 0 fully saturated rings. The monoisotopic (exact) mass is 273 g/mol. The second-order valence-corrected chi connectivity index (χ2v) is 3.88. The van der Waals surface area contributed by atoms with E-state index < -0.39 is 40.8 Å². The van der Waals surface area contributed by atoms with Crippen molar-refractivity contribution in [1.82, 2.24) is 0 Å². The summed E-state index contributed by atoms with van der Waals surface area (Å²) in [6, 6.07) is 0. The van der Waals surface area contributed by atoms with Gasteiger partial charge in [-0.05, 0) is 0 Å². The summed E-state index contributed by atoms with van der Waals surface area (Å²) >= 11 is 0. The van der Waals surface area contributed by atoms with Crippen LogP contribution in [0, 0.1) is 0 Å². The highest BCUT2D eigenvalue weighted by Gasteiger charge is 2.38.